The number of carbonyl (C=O) groups excluding carboxylic acids is 1. The molecule has 1 unspecified atom stereocenters. The number of hydrogen-bond donors (Lipinski definition) is 2. The van der Waals surface area contributed by atoms with E-state index < -0.39 is 23.6 Å². The molecule has 2 N–H and O–H groups in total. The number of ether oxygens (including phenoxy) is 1. The van der Waals surface area contributed by atoms with Crippen LogP contribution in [0.15, 0.2) is 60.9 Å². The van der Waals surface area contributed by atoms with Crippen LogP contribution >= 0.6 is 0 Å². The predicted molar refractivity (Wildman–Crippen MR) is 112 cm³/mol. The number of imidazole rings is 1. The van der Waals surface area contributed by atoms with E-state index in [-0.39, 0.29) is 30.2 Å². The van der Waals surface area contributed by atoms with Gasteiger partial charge < -0.3 is 15.2 Å². The SMILES string of the molecule is Cc1nc2c(OCc3c(F)cccc3F)cccn2c1C(=O)NC(CO)c1ccccn1. The third-order valence-electron chi connectivity index (χ3n) is 4.97. The molecule has 0 fully saturated rings. The third-order valence-corrected chi connectivity index (χ3v) is 4.97. The van der Waals surface area contributed by atoms with Crippen molar-refractivity contribution in [2.45, 2.75) is 19.6 Å². The summed E-state index contributed by atoms with van der Waals surface area (Å²) in [5, 5.41) is 12.5. The lowest BCUT2D eigenvalue weighted by molar-refractivity contribution is 0.0908. The summed E-state index contributed by atoms with van der Waals surface area (Å²) in [6.07, 6.45) is 3.21. The van der Waals surface area contributed by atoms with E-state index in [0.29, 0.717) is 17.0 Å². The number of carbonyl (C=O) groups is 1. The van der Waals surface area contributed by atoms with Crippen molar-refractivity contribution in [2.75, 3.05) is 6.61 Å². The Morgan fingerprint density at radius 1 is 1.16 bits per heavy atom. The second-order valence-electron chi connectivity index (χ2n) is 7.06. The number of benzene rings is 1. The van der Waals surface area contributed by atoms with E-state index >= 15 is 0 Å². The van der Waals surface area contributed by atoms with Gasteiger partial charge in [-0.25, -0.2) is 13.8 Å². The fourth-order valence-corrected chi connectivity index (χ4v) is 3.38. The van der Waals surface area contributed by atoms with E-state index in [1.165, 1.54) is 10.5 Å². The summed E-state index contributed by atoms with van der Waals surface area (Å²) in [6, 6.07) is 11.3. The third kappa shape index (κ3) is 4.15. The fraction of sp³-hybridized carbons (Fsp3) is 0.174. The van der Waals surface area contributed by atoms with Crippen molar-refractivity contribution in [3.63, 3.8) is 0 Å². The van der Waals surface area contributed by atoms with Crippen LogP contribution in [0.4, 0.5) is 8.78 Å². The minimum absolute atomic E-state index is 0.197. The summed E-state index contributed by atoms with van der Waals surface area (Å²) in [4.78, 5) is 21.6. The van der Waals surface area contributed by atoms with Gasteiger partial charge in [0.15, 0.2) is 11.4 Å². The van der Waals surface area contributed by atoms with Crippen LogP contribution in [-0.2, 0) is 6.61 Å². The number of fused-ring (bicyclic) bond motifs is 1. The predicted octanol–water partition coefficient (Wildman–Crippen LogP) is 3.36. The first kappa shape index (κ1) is 21.4. The second kappa shape index (κ2) is 9.11. The number of aromatic nitrogens is 3. The van der Waals surface area contributed by atoms with Gasteiger partial charge in [0.1, 0.15) is 23.9 Å². The van der Waals surface area contributed by atoms with Crippen molar-refractivity contribution in [2.24, 2.45) is 0 Å². The van der Waals surface area contributed by atoms with Gasteiger partial charge in [-0.1, -0.05) is 12.1 Å². The maximum absolute atomic E-state index is 13.9. The average Bonchev–Trinajstić information content (AvgIpc) is 3.14. The molecule has 9 heteroatoms. The quantitative estimate of drug-likeness (QED) is 0.462. The highest BCUT2D eigenvalue weighted by molar-refractivity contribution is 5.95. The van der Waals surface area contributed by atoms with Gasteiger partial charge in [0.05, 0.1) is 29.6 Å². The van der Waals surface area contributed by atoms with Crippen molar-refractivity contribution in [1.29, 1.82) is 0 Å². The highest BCUT2D eigenvalue weighted by Crippen LogP contribution is 2.24. The zero-order valence-corrected chi connectivity index (χ0v) is 17.1. The topological polar surface area (TPSA) is 88.8 Å². The summed E-state index contributed by atoms with van der Waals surface area (Å²) in [7, 11) is 0. The van der Waals surface area contributed by atoms with Crippen molar-refractivity contribution in [1.82, 2.24) is 19.7 Å². The lowest BCUT2D eigenvalue weighted by Gasteiger charge is -2.16. The van der Waals surface area contributed by atoms with Crippen LogP contribution in [0.3, 0.4) is 0 Å². The van der Waals surface area contributed by atoms with Gasteiger partial charge in [0, 0.05) is 12.4 Å². The Labute approximate surface area is 182 Å². The van der Waals surface area contributed by atoms with Gasteiger partial charge in [-0.05, 0) is 43.3 Å². The van der Waals surface area contributed by atoms with Crippen LogP contribution in [0.2, 0.25) is 0 Å². The first-order chi connectivity index (χ1) is 15.5. The molecule has 7 nitrogen and oxygen atoms in total. The molecule has 4 rings (SSSR count). The van der Waals surface area contributed by atoms with Crippen molar-refractivity contribution in [3.8, 4) is 5.75 Å². The molecule has 3 heterocycles. The van der Waals surface area contributed by atoms with Gasteiger partial charge >= 0.3 is 0 Å². The molecule has 0 bridgehead atoms. The zero-order chi connectivity index (χ0) is 22.7. The van der Waals surface area contributed by atoms with Gasteiger partial charge in [0.2, 0.25) is 0 Å². The van der Waals surface area contributed by atoms with E-state index in [1.54, 1.807) is 49.6 Å². The molecule has 0 aliphatic rings. The Morgan fingerprint density at radius 2 is 1.94 bits per heavy atom. The molecule has 1 amide bonds. The molecule has 3 aromatic heterocycles. The molecule has 0 spiro atoms. The molecule has 0 saturated carbocycles. The first-order valence-electron chi connectivity index (χ1n) is 9.85. The van der Waals surface area contributed by atoms with Crippen molar-refractivity contribution < 1.29 is 23.4 Å². The Bertz CT molecular complexity index is 1240. The number of aliphatic hydroxyl groups excluding tert-OH is 1. The van der Waals surface area contributed by atoms with Crippen LogP contribution < -0.4 is 10.1 Å². The molecular weight excluding hydrogens is 418 g/mol. The van der Waals surface area contributed by atoms with Crippen LogP contribution in [0, 0.1) is 18.6 Å². The maximum atomic E-state index is 13.9. The summed E-state index contributed by atoms with van der Waals surface area (Å²) in [5.41, 5.74) is 1.32. The van der Waals surface area contributed by atoms with Crippen molar-refractivity contribution in [3.05, 3.63) is 95.2 Å². The molecule has 4 aromatic rings. The van der Waals surface area contributed by atoms with Gasteiger partial charge in [-0.15, -0.1) is 0 Å². The van der Waals surface area contributed by atoms with E-state index in [9.17, 15) is 18.7 Å². The number of hydrogen-bond acceptors (Lipinski definition) is 5. The van der Waals surface area contributed by atoms with Crippen LogP contribution in [0.25, 0.3) is 5.65 Å². The van der Waals surface area contributed by atoms with Gasteiger partial charge in [-0.2, -0.15) is 0 Å². The summed E-state index contributed by atoms with van der Waals surface area (Å²) in [5.74, 6) is -1.61. The van der Waals surface area contributed by atoms with Crippen LogP contribution in [0.1, 0.15) is 33.5 Å². The fourth-order valence-electron chi connectivity index (χ4n) is 3.38. The highest BCUT2D eigenvalue weighted by Gasteiger charge is 2.22. The molecule has 32 heavy (non-hydrogen) atoms. The Morgan fingerprint density at radius 3 is 2.62 bits per heavy atom. The lowest BCUT2D eigenvalue weighted by Crippen LogP contribution is -2.32. The van der Waals surface area contributed by atoms with Crippen LogP contribution in [-0.4, -0.2) is 32.0 Å². The normalized spacial score (nSPS) is 12.0. The van der Waals surface area contributed by atoms with E-state index in [4.69, 9.17) is 4.74 Å². The molecule has 0 saturated heterocycles. The number of aryl methyl sites for hydroxylation is 1. The monoisotopic (exact) mass is 438 g/mol. The largest absolute Gasteiger partial charge is 0.485 e. The highest BCUT2D eigenvalue weighted by atomic mass is 19.1. The number of halogens is 2. The molecule has 0 radical (unpaired) electrons. The second-order valence-corrected chi connectivity index (χ2v) is 7.06. The molecule has 164 valence electrons. The Hall–Kier alpha value is -3.85. The number of nitrogens with zero attached hydrogens (tertiary/aromatic N) is 3. The average molecular weight is 438 g/mol. The standard InChI is InChI=1S/C23H20F2N4O3/c1-14-21(23(31)28-19(12-30)18-8-2-3-10-26-18)29-11-5-9-20(22(29)27-14)32-13-15-16(24)6-4-7-17(15)25/h2-11,19,30H,12-13H2,1H3,(H,28,31). The van der Waals surface area contributed by atoms with E-state index in [2.05, 4.69) is 15.3 Å². The number of pyridine rings is 2. The van der Waals surface area contributed by atoms with E-state index in [1.807, 2.05) is 0 Å². The molecule has 1 aromatic carbocycles. The number of aliphatic hydroxyl groups is 1. The lowest BCUT2D eigenvalue weighted by atomic mass is 10.2. The molecule has 1 atom stereocenters. The van der Waals surface area contributed by atoms with Crippen molar-refractivity contribution >= 4 is 11.6 Å². The van der Waals surface area contributed by atoms with Gasteiger partial charge in [-0.3, -0.25) is 14.2 Å². The van der Waals surface area contributed by atoms with Crippen LogP contribution in [0.5, 0.6) is 5.75 Å². The minimum Gasteiger partial charge on any atom is -0.485 e. The number of nitrogens with one attached hydrogen (secondary N) is 1. The first-order valence-corrected chi connectivity index (χ1v) is 9.85. The van der Waals surface area contributed by atoms with Gasteiger partial charge in [0.25, 0.3) is 5.91 Å². The van der Waals surface area contributed by atoms with E-state index in [0.717, 1.165) is 12.1 Å². The maximum Gasteiger partial charge on any atom is 0.270 e. The summed E-state index contributed by atoms with van der Waals surface area (Å²) >= 11 is 0. The number of rotatable bonds is 7. The summed E-state index contributed by atoms with van der Waals surface area (Å²) < 4.78 is 35.0. The Kier molecular flexibility index (Phi) is 6.09. The number of amides is 1. The smallest absolute Gasteiger partial charge is 0.270 e. The Balaban J connectivity index is 1.61. The zero-order valence-electron chi connectivity index (χ0n) is 17.1. The minimum atomic E-state index is -0.707. The molecule has 0 aliphatic heterocycles. The molecule has 0 aliphatic carbocycles. The molecular formula is C23H20F2N4O3. The summed E-state index contributed by atoms with van der Waals surface area (Å²) in [6.45, 7) is 0.996.